The molecule has 2 aromatic carbocycles. The van der Waals surface area contributed by atoms with Gasteiger partial charge in [0.1, 0.15) is 5.82 Å². The fraction of sp³-hybridized carbons (Fsp3) is 0.250. The highest BCUT2D eigenvalue weighted by Crippen LogP contribution is 2.20. The molecular formula is C16H16BrClFN. The van der Waals surface area contributed by atoms with Crippen molar-refractivity contribution in [1.29, 1.82) is 0 Å². The van der Waals surface area contributed by atoms with E-state index in [9.17, 15) is 4.39 Å². The molecular weight excluding hydrogens is 341 g/mol. The van der Waals surface area contributed by atoms with Crippen LogP contribution in [0.25, 0.3) is 0 Å². The summed E-state index contributed by atoms with van der Waals surface area (Å²) in [6, 6.07) is 14.9. The molecule has 0 N–H and O–H groups in total. The van der Waals surface area contributed by atoms with E-state index in [-0.39, 0.29) is 5.82 Å². The van der Waals surface area contributed by atoms with Crippen LogP contribution in [0.3, 0.4) is 0 Å². The smallest absolute Gasteiger partial charge is 0.124 e. The lowest BCUT2D eigenvalue weighted by atomic mass is 10.1. The van der Waals surface area contributed by atoms with Crippen molar-refractivity contribution in [3.05, 3.63) is 70.5 Å². The molecule has 1 nitrogen and oxygen atoms in total. The summed E-state index contributed by atoms with van der Waals surface area (Å²) in [6.07, 6.45) is 0. The van der Waals surface area contributed by atoms with Crippen molar-refractivity contribution < 1.29 is 4.39 Å². The van der Waals surface area contributed by atoms with Crippen LogP contribution in [0.4, 0.5) is 4.39 Å². The number of nitrogens with zero attached hydrogens (tertiary/aromatic N) is 1. The Bertz CT molecular complexity index is 547. The van der Waals surface area contributed by atoms with Gasteiger partial charge >= 0.3 is 0 Å². The van der Waals surface area contributed by atoms with Gasteiger partial charge in [0.25, 0.3) is 0 Å². The zero-order valence-electron chi connectivity index (χ0n) is 11.0. The van der Waals surface area contributed by atoms with Gasteiger partial charge in [-0.15, -0.1) is 0 Å². The normalized spacial score (nSPS) is 11.0. The minimum atomic E-state index is -0.297. The average Bonchev–Trinajstić information content (AvgIpc) is 2.43. The molecule has 0 fully saturated rings. The van der Waals surface area contributed by atoms with Crippen molar-refractivity contribution in [3.63, 3.8) is 0 Å². The topological polar surface area (TPSA) is 3.24 Å². The molecule has 0 amide bonds. The minimum absolute atomic E-state index is 0.297. The van der Waals surface area contributed by atoms with Gasteiger partial charge in [0.2, 0.25) is 0 Å². The summed E-state index contributed by atoms with van der Waals surface area (Å²) in [5.41, 5.74) is 2.21. The number of hydrogen-bond acceptors (Lipinski definition) is 1. The van der Waals surface area contributed by atoms with Gasteiger partial charge in [0, 0.05) is 30.0 Å². The van der Waals surface area contributed by atoms with Crippen LogP contribution in [0.15, 0.2) is 48.5 Å². The largest absolute Gasteiger partial charge is 0.294 e. The first kappa shape index (κ1) is 15.5. The highest BCUT2D eigenvalue weighted by Gasteiger charge is 2.09. The number of alkyl halides is 1. The van der Waals surface area contributed by atoms with E-state index in [4.69, 9.17) is 11.6 Å². The Morgan fingerprint density at radius 2 is 1.80 bits per heavy atom. The van der Waals surface area contributed by atoms with Gasteiger partial charge in [0.15, 0.2) is 0 Å². The average molecular weight is 357 g/mol. The second-order valence-electron chi connectivity index (χ2n) is 4.62. The summed E-state index contributed by atoms with van der Waals surface area (Å²) in [7, 11) is 0. The van der Waals surface area contributed by atoms with E-state index in [0.29, 0.717) is 11.6 Å². The molecule has 0 heterocycles. The van der Waals surface area contributed by atoms with Crippen LogP contribution < -0.4 is 0 Å². The number of benzene rings is 2. The fourth-order valence-corrected chi connectivity index (χ4v) is 2.79. The molecule has 4 heteroatoms. The number of halogens is 3. The predicted octanol–water partition coefficient (Wildman–Crippen LogP) is 4.88. The van der Waals surface area contributed by atoms with Crippen molar-refractivity contribution in [2.45, 2.75) is 13.1 Å². The molecule has 0 spiro atoms. The van der Waals surface area contributed by atoms with E-state index in [2.05, 4.69) is 33.0 Å². The monoisotopic (exact) mass is 355 g/mol. The summed E-state index contributed by atoms with van der Waals surface area (Å²) in [4.78, 5) is 2.28. The molecule has 2 rings (SSSR count). The quantitative estimate of drug-likeness (QED) is 0.667. The van der Waals surface area contributed by atoms with Crippen molar-refractivity contribution >= 4 is 27.5 Å². The summed E-state index contributed by atoms with van der Waals surface area (Å²) in [5, 5.41) is 1.37. The molecule has 0 bridgehead atoms. The molecule has 106 valence electrons. The maximum absolute atomic E-state index is 13.1. The Balaban J connectivity index is 2.09. The molecule has 0 unspecified atom stereocenters. The summed E-state index contributed by atoms with van der Waals surface area (Å²) >= 11 is 9.57. The van der Waals surface area contributed by atoms with Gasteiger partial charge in [-0.1, -0.05) is 63.9 Å². The lowest BCUT2D eigenvalue weighted by Crippen LogP contribution is -2.25. The standard InChI is InChI=1S/C16H16BrClFN/c17-8-9-20(11-13-4-2-1-3-5-13)12-14-6-7-15(19)10-16(14)18/h1-7,10H,8-9,11-12H2. The lowest BCUT2D eigenvalue weighted by Gasteiger charge is -2.22. The van der Waals surface area contributed by atoms with Gasteiger partial charge in [-0.3, -0.25) is 4.90 Å². The molecule has 0 saturated heterocycles. The van der Waals surface area contributed by atoms with Gasteiger partial charge in [-0.05, 0) is 23.3 Å². The van der Waals surface area contributed by atoms with Crippen molar-refractivity contribution in [3.8, 4) is 0 Å². The van der Waals surface area contributed by atoms with Gasteiger partial charge in [0.05, 0.1) is 0 Å². The Kier molecular flexibility index (Phi) is 6.02. The van der Waals surface area contributed by atoms with Gasteiger partial charge in [-0.25, -0.2) is 4.39 Å². The third kappa shape index (κ3) is 4.58. The molecule has 0 aromatic heterocycles. The fourth-order valence-electron chi connectivity index (χ4n) is 2.07. The Morgan fingerprint density at radius 1 is 1.05 bits per heavy atom. The van der Waals surface area contributed by atoms with E-state index in [0.717, 1.165) is 24.0 Å². The highest BCUT2D eigenvalue weighted by molar-refractivity contribution is 9.09. The summed E-state index contributed by atoms with van der Waals surface area (Å²) in [6.45, 7) is 2.46. The Labute approximate surface area is 132 Å². The first-order valence-corrected chi connectivity index (χ1v) is 7.95. The van der Waals surface area contributed by atoms with E-state index in [1.165, 1.54) is 17.7 Å². The lowest BCUT2D eigenvalue weighted by molar-refractivity contribution is 0.274. The van der Waals surface area contributed by atoms with Crippen LogP contribution in [0.2, 0.25) is 5.02 Å². The second kappa shape index (κ2) is 7.77. The molecule has 0 aliphatic carbocycles. The van der Waals surface area contributed by atoms with Crippen molar-refractivity contribution in [2.24, 2.45) is 0 Å². The SMILES string of the molecule is Fc1ccc(CN(CCBr)Cc2ccccc2)c(Cl)c1. The first-order valence-electron chi connectivity index (χ1n) is 6.45. The molecule has 0 radical (unpaired) electrons. The van der Waals surface area contributed by atoms with Crippen LogP contribution in [0.5, 0.6) is 0 Å². The third-order valence-electron chi connectivity index (χ3n) is 3.06. The van der Waals surface area contributed by atoms with E-state index >= 15 is 0 Å². The van der Waals surface area contributed by atoms with Crippen molar-refractivity contribution in [1.82, 2.24) is 4.90 Å². The zero-order valence-corrected chi connectivity index (χ0v) is 13.4. The van der Waals surface area contributed by atoms with E-state index in [1.54, 1.807) is 6.07 Å². The van der Waals surface area contributed by atoms with Gasteiger partial charge < -0.3 is 0 Å². The Hall–Kier alpha value is -0.900. The van der Waals surface area contributed by atoms with Crippen LogP contribution in [-0.2, 0) is 13.1 Å². The molecule has 0 aliphatic rings. The third-order valence-corrected chi connectivity index (χ3v) is 3.77. The number of hydrogen-bond donors (Lipinski definition) is 0. The molecule has 2 aromatic rings. The van der Waals surface area contributed by atoms with Crippen LogP contribution in [0.1, 0.15) is 11.1 Å². The van der Waals surface area contributed by atoms with Crippen LogP contribution in [-0.4, -0.2) is 16.8 Å². The highest BCUT2D eigenvalue weighted by atomic mass is 79.9. The predicted molar refractivity (Wildman–Crippen MR) is 85.8 cm³/mol. The summed E-state index contributed by atoms with van der Waals surface area (Å²) < 4.78 is 13.1. The first-order chi connectivity index (χ1) is 9.69. The van der Waals surface area contributed by atoms with Crippen LogP contribution in [0, 0.1) is 5.82 Å². The molecule has 20 heavy (non-hydrogen) atoms. The molecule has 0 atom stereocenters. The minimum Gasteiger partial charge on any atom is -0.294 e. The molecule has 0 aliphatic heterocycles. The van der Waals surface area contributed by atoms with Gasteiger partial charge in [-0.2, -0.15) is 0 Å². The maximum atomic E-state index is 13.1. The van der Waals surface area contributed by atoms with Crippen LogP contribution >= 0.6 is 27.5 Å². The zero-order chi connectivity index (χ0) is 14.4. The van der Waals surface area contributed by atoms with Crippen molar-refractivity contribution in [2.75, 3.05) is 11.9 Å². The summed E-state index contributed by atoms with van der Waals surface area (Å²) in [5.74, 6) is -0.297. The second-order valence-corrected chi connectivity index (χ2v) is 5.82. The molecule has 0 saturated carbocycles. The maximum Gasteiger partial charge on any atom is 0.124 e. The number of rotatable bonds is 6. The van der Waals surface area contributed by atoms with E-state index < -0.39 is 0 Å². The Morgan fingerprint density at radius 3 is 2.45 bits per heavy atom. The van der Waals surface area contributed by atoms with E-state index in [1.807, 2.05) is 18.2 Å².